The maximum atomic E-state index is 9.01. The molecule has 0 aliphatic carbocycles. The number of nitrogens with zero attached hydrogens (tertiary/aromatic N) is 2. The van der Waals surface area contributed by atoms with Crippen LogP contribution in [-0.2, 0) is 0 Å². The van der Waals surface area contributed by atoms with Gasteiger partial charge in [0.25, 0.3) is 0 Å². The van der Waals surface area contributed by atoms with E-state index in [4.69, 9.17) is 9.78 Å². The zero-order valence-electron chi connectivity index (χ0n) is 10.5. The van der Waals surface area contributed by atoms with Crippen LogP contribution >= 0.6 is 0 Å². The molecule has 0 fully saturated rings. The minimum Gasteiger partial charge on any atom is -0.355 e. The van der Waals surface area contributed by atoms with Crippen LogP contribution in [0.3, 0.4) is 0 Å². The molecule has 3 heteroatoms. The van der Waals surface area contributed by atoms with Gasteiger partial charge in [0.15, 0.2) is 5.76 Å². The molecule has 0 spiro atoms. The molecule has 92 valence electrons. The lowest BCUT2D eigenvalue weighted by Gasteiger charge is -2.02. The van der Waals surface area contributed by atoms with Crippen LogP contribution in [0.1, 0.15) is 18.4 Å². The Kier molecular flexibility index (Phi) is 2.77. The van der Waals surface area contributed by atoms with Crippen molar-refractivity contribution in [2.45, 2.75) is 12.8 Å². The SMILES string of the molecule is CC(C#N)c1ccc2noc(-c3ccccc3)c2c1. The molecule has 0 saturated carbocycles. The van der Waals surface area contributed by atoms with Crippen LogP contribution in [0.15, 0.2) is 53.1 Å². The maximum Gasteiger partial charge on any atom is 0.174 e. The van der Waals surface area contributed by atoms with E-state index in [2.05, 4.69) is 11.2 Å². The van der Waals surface area contributed by atoms with E-state index in [1.165, 1.54) is 0 Å². The van der Waals surface area contributed by atoms with Crippen molar-refractivity contribution in [3.63, 3.8) is 0 Å². The number of hydrogen-bond donors (Lipinski definition) is 0. The highest BCUT2D eigenvalue weighted by Gasteiger charge is 2.12. The van der Waals surface area contributed by atoms with Crippen molar-refractivity contribution in [3.8, 4) is 17.4 Å². The summed E-state index contributed by atoms with van der Waals surface area (Å²) in [6.07, 6.45) is 0. The molecule has 3 aromatic rings. The van der Waals surface area contributed by atoms with E-state index in [-0.39, 0.29) is 5.92 Å². The first-order chi connectivity index (χ1) is 9.29. The van der Waals surface area contributed by atoms with Crippen LogP contribution in [-0.4, -0.2) is 5.16 Å². The van der Waals surface area contributed by atoms with E-state index in [1.54, 1.807) is 0 Å². The standard InChI is InChI=1S/C16H12N2O/c1-11(10-17)13-7-8-15-14(9-13)16(19-18-15)12-5-3-2-4-6-12/h2-9,11H,1H3. The van der Waals surface area contributed by atoms with Gasteiger partial charge in [-0.1, -0.05) is 41.6 Å². The third kappa shape index (κ3) is 1.98. The van der Waals surface area contributed by atoms with Crippen molar-refractivity contribution >= 4 is 10.9 Å². The Balaban J connectivity index is 2.19. The number of benzene rings is 2. The summed E-state index contributed by atoms with van der Waals surface area (Å²) in [4.78, 5) is 0. The van der Waals surface area contributed by atoms with Gasteiger partial charge in [0.1, 0.15) is 5.52 Å². The van der Waals surface area contributed by atoms with E-state index < -0.39 is 0 Å². The van der Waals surface area contributed by atoms with Crippen LogP contribution in [0.4, 0.5) is 0 Å². The number of fused-ring (bicyclic) bond motifs is 1. The Labute approximate surface area is 111 Å². The molecule has 2 aromatic carbocycles. The Bertz CT molecular complexity index is 753. The van der Waals surface area contributed by atoms with Crippen molar-refractivity contribution in [2.24, 2.45) is 0 Å². The molecule has 0 N–H and O–H groups in total. The molecule has 1 unspecified atom stereocenters. The molecule has 0 saturated heterocycles. The van der Waals surface area contributed by atoms with Crippen LogP contribution in [0.25, 0.3) is 22.2 Å². The fourth-order valence-electron chi connectivity index (χ4n) is 2.10. The van der Waals surface area contributed by atoms with Crippen LogP contribution in [0, 0.1) is 11.3 Å². The van der Waals surface area contributed by atoms with Gasteiger partial charge in [-0.05, 0) is 24.6 Å². The average Bonchev–Trinajstić information content (AvgIpc) is 2.90. The molecular weight excluding hydrogens is 236 g/mol. The molecular formula is C16H12N2O. The minimum absolute atomic E-state index is 0.136. The summed E-state index contributed by atoms with van der Waals surface area (Å²) in [6.45, 7) is 1.89. The van der Waals surface area contributed by atoms with Gasteiger partial charge >= 0.3 is 0 Å². The maximum absolute atomic E-state index is 9.01. The molecule has 0 radical (unpaired) electrons. The topological polar surface area (TPSA) is 49.8 Å². The minimum atomic E-state index is -0.136. The van der Waals surface area contributed by atoms with Crippen molar-refractivity contribution < 1.29 is 4.52 Å². The summed E-state index contributed by atoms with van der Waals surface area (Å²) in [5.74, 6) is 0.616. The van der Waals surface area contributed by atoms with E-state index in [0.29, 0.717) is 0 Å². The van der Waals surface area contributed by atoms with Gasteiger partial charge in [0.2, 0.25) is 0 Å². The molecule has 0 amide bonds. The lowest BCUT2D eigenvalue weighted by atomic mass is 9.99. The molecule has 19 heavy (non-hydrogen) atoms. The van der Waals surface area contributed by atoms with Crippen LogP contribution in [0.5, 0.6) is 0 Å². The van der Waals surface area contributed by atoms with E-state index in [9.17, 15) is 0 Å². The number of nitriles is 1. The largest absolute Gasteiger partial charge is 0.355 e. The quantitative estimate of drug-likeness (QED) is 0.685. The number of aromatic nitrogens is 1. The normalized spacial score (nSPS) is 12.2. The Hall–Kier alpha value is -2.60. The third-order valence-electron chi connectivity index (χ3n) is 3.23. The van der Waals surface area contributed by atoms with Gasteiger partial charge in [-0.2, -0.15) is 5.26 Å². The predicted octanol–water partition coefficient (Wildman–Crippen LogP) is 4.12. The highest BCUT2D eigenvalue weighted by molar-refractivity contribution is 5.92. The summed E-state index contributed by atoms with van der Waals surface area (Å²) in [5.41, 5.74) is 2.79. The first-order valence-electron chi connectivity index (χ1n) is 6.14. The smallest absolute Gasteiger partial charge is 0.174 e. The Morgan fingerprint density at radius 3 is 2.68 bits per heavy atom. The summed E-state index contributed by atoms with van der Waals surface area (Å²) in [5, 5.41) is 14.0. The highest BCUT2D eigenvalue weighted by atomic mass is 16.5. The number of hydrogen-bond acceptors (Lipinski definition) is 3. The van der Waals surface area contributed by atoms with Gasteiger partial charge in [-0.3, -0.25) is 0 Å². The zero-order valence-corrected chi connectivity index (χ0v) is 10.5. The monoisotopic (exact) mass is 248 g/mol. The molecule has 0 aliphatic heterocycles. The van der Waals surface area contributed by atoms with E-state index >= 15 is 0 Å². The Morgan fingerprint density at radius 2 is 1.95 bits per heavy atom. The van der Waals surface area contributed by atoms with Gasteiger partial charge in [0.05, 0.1) is 17.4 Å². The molecule has 0 bridgehead atoms. The van der Waals surface area contributed by atoms with E-state index in [0.717, 1.165) is 27.8 Å². The first-order valence-corrected chi connectivity index (χ1v) is 6.14. The van der Waals surface area contributed by atoms with Crippen molar-refractivity contribution in [2.75, 3.05) is 0 Å². The van der Waals surface area contributed by atoms with Crippen LogP contribution < -0.4 is 0 Å². The molecule has 0 aliphatic rings. The average molecular weight is 248 g/mol. The van der Waals surface area contributed by atoms with Crippen molar-refractivity contribution in [1.82, 2.24) is 5.16 Å². The molecule has 1 aromatic heterocycles. The van der Waals surface area contributed by atoms with E-state index in [1.807, 2.05) is 55.5 Å². The van der Waals surface area contributed by atoms with Crippen molar-refractivity contribution in [1.29, 1.82) is 5.26 Å². The fraction of sp³-hybridized carbons (Fsp3) is 0.125. The van der Waals surface area contributed by atoms with Crippen LogP contribution in [0.2, 0.25) is 0 Å². The second-order valence-electron chi connectivity index (χ2n) is 4.51. The molecule has 1 heterocycles. The lowest BCUT2D eigenvalue weighted by Crippen LogP contribution is -1.88. The van der Waals surface area contributed by atoms with Crippen molar-refractivity contribution in [3.05, 3.63) is 54.1 Å². The lowest BCUT2D eigenvalue weighted by molar-refractivity contribution is 0.441. The van der Waals surface area contributed by atoms with Gasteiger partial charge in [-0.15, -0.1) is 0 Å². The fourth-order valence-corrected chi connectivity index (χ4v) is 2.10. The highest BCUT2D eigenvalue weighted by Crippen LogP contribution is 2.30. The second-order valence-corrected chi connectivity index (χ2v) is 4.51. The Morgan fingerprint density at radius 1 is 1.16 bits per heavy atom. The van der Waals surface area contributed by atoms with Gasteiger partial charge < -0.3 is 4.52 Å². The zero-order chi connectivity index (χ0) is 13.2. The summed E-state index contributed by atoms with van der Waals surface area (Å²) in [6, 6.07) is 17.9. The summed E-state index contributed by atoms with van der Waals surface area (Å²) < 4.78 is 5.44. The molecule has 1 atom stereocenters. The van der Waals surface area contributed by atoms with Gasteiger partial charge in [0, 0.05) is 5.56 Å². The summed E-state index contributed by atoms with van der Waals surface area (Å²) >= 11 is 0. The third-order valence-corrected chi connectivity index (χ3v) is 3.23. The first kappa shape index (κ1) is 11.5. The number of rotatable bonds is 2. The predicted molar refractivity (Wildman–Crippen MR) is 73.5 cm³/mol. The molecule has 3 rings (SSSR count). The second kappa shape index (κ2) is 4.58. The van der Waals surface area contributed by atoms with Gasteiger partial charge in [-0.25, -0.2) is 0 Å². The molecule has 3 nitrogen and oxygen atoms in total. The summed E-state index contributed by atoms with van der Waals surface area (Å²) in [7, 11) is 0.